The molecule has 6 nitrogen and oxygen atoms in total. The van der Waals surface area contributed by atoms with Gasteiger partial charge in [0, 0.05) is 46.3 Å². The van der Waals surface area contributed by atoms with Gasteiger partial charge in [-0.05, 0) is 48.7 Å². The first-order valence-corrected chi connectivity index (χ1v) is 13.1. The molecule has 0 amide bonds. The Balaban J connectivity index is 1.48. The van der Waals surface area contributed by atoms with Crippen molar-refractivity contribution in [2.45, 2.75) is 0 Å². The van der Waals surface area contributed by atoms with Crippen LogP contribution in [0.25, 0.3) is 0 Å². The molecule has 4 rings (SSSR count). The van der Waals surface area contributed by atoms with Crippen LogP contribution in [0.15, 0.2) is 96.1 Å². The van der Waals surface area contributed by atoms with Crippen molar-refractivity contribution < 1.29 is 4.74 Å². The highest BCUT2D eigenvalue weighted by Gasteiger charge is 2.12. The first-order valence-electron chi connectivity index (χ1n) is 11.3. The standard InChI is InChI=1S/C28H26ClN5OS/c1-36-17-16-33-26-18-23(14-15-32-26)35-22-12-10-21(11-13-22)34-28(31)25-5-3-2-4-24(25)27(30)19-6-8-20(29)9-7-19/h2-15,18,30H,16-17H2,1H3,(H2,31,34)(H,32,33). The smallest absolute Gasteiger partial charge is 0.132 e. The summed E-state index contributed by atoms with van der Waals surface area (Å²) in [6.45, 7) is 0.841. The number of benzene rings is 3. The average molecular weight is 516 g/mol. The van der Waals surface area contributed by atoms with Gasteiger partial charge in [0.05, 0.1) is 11.4 Å². The van der Waals surface area contributed by atoms with E-state index in [4.69, 9.17) is 27.5 Å². The zero-order chi connectivity index (χ0) is 25.3. The molecule has 1 heterocycles. The molecule has 0 aliphatic carbocycles. The van der Waals surface area contributed by atoms with Crippen LogP contribution in [0.3, 0.4) is 0 Å². The molecular weight excluding hydrogens is 490 g/mol. The first kappa shape index (κ1) is 25.3. The number of hydrogen-bond donors (Lipinski definition) is 3. The van der Waals surface area contributed by atoms with Crippen LogP contribution < -0.4 is 15.8 Å². The highest BCUT2D eigenvalue weighted by molar-refractivity contribution is 7.98. The number of anilines is 1. The molecule has 0 unspecified atom stereocenters. The van der Waals surface area contributed by atoms with Gasteiger partial charge < -0.3 is 15.8 Å². The normalized spacial score (nSPS) is 11.2. The number of nitrogens with one attached hydrogen (secondary N) is 2. The summed E-state index contributed by atoms with van der Waals surface area (Å²) in [7, 11) is 0. The molecule has 1 aromatic heterocycles. The molecule has 36 heavy (non-hydrogen) atoms. The van der Waals surface area contributed by atoms with E-state index in [1.807, 2.05) is 72.8 Å². The Bertz CT molecular complexity index is 1360. The predicted octanol–water partition coefficient (Wildman–Crippen LogP) is 6.76. The predicted molar refractivity (Wildman–Crippen MR) is 152 cm³/mol. The summed E-state index contributed by atoms with van der Waals surface area (Å²) < 4.78 is 5.98. The second-order valence-electron chi connectivity index (χ2n) is 7.82. The van der Waals surface area contributed by atoms with Gasteiger partial charge in [-0.25, -0.2) is 9.98 Å². The summed E-state index contributed by atoms with van der Waals surface area (Å²) in [5, 5.41) is 12.6. The number of nitrogens with two attached hydrogens (primary N) is 1. The molecule has 4 N–H and O–H groups in total. The molecule has 0 fully saturated rings. The van der Waals surface area contributed by atoms with E-state index in [0.29, 0.717) is 44.9 Å². The van der Waals surface area contributed by atoms with Crippen LogP contribution in [0.5, 0.6) is 11.5 Å². The minimum Gasteiger partial charge on any atom is -0.457 e. The van der Waals surface area contributed by atoms with E-state index in [2.05, 4.69) is 21.5 Å². The highest BCUT2D eigenvalue weighted by atomic mass is 35.5. The van der Waals surface area contributed by atoms with Crippen molar-refractivity contribution in [3.63, 3.8) is 0 Å². The minimum atomic E-state index is 0.327. The number of aromatic nitrogens is 1. The van der Waals surface area contributed by atoms with Crippen molar-refractivity contribution in [1.29, 1.82) is 5.41 Å². The number of ether oxygens (including phenoxy) is 1. The second kappa shape index (κ2) is 12.2. The summed E-state index contributed by atoms with van der Waals surface area (Å²) in [4.78, 5) is 8.90. The lowest BCUT2D eigenvalue weighted by Crippen LogP contribution is -2.18. The van der Waals surface area contributed by atoms with E-state index < -0.39 is 0 Å². The largest absolute Gasteiger partial charge is 0.457 e. The summed E-state index contributed by atoms with van der Waals surface area (Å²) in [5.41, 5.74) is 9.55. The Kier molecular flexibility index (Phi) is 8.60. The highest BCUT2D eigenvalue weighted by Crippen LogP contribution is 2.26. The van der Waals surface area contributed by atoms with Crippen LogP contribution in [-0.4, -0.2) is 35.1 Å². The number of hydrogen-bond acceptors (Lipinski definition) is 6. The summed E-state index contributed by atoms with van der Waals surface area (Å²) in [6.07, 6.45) is 3.79. The SMILES string of the molecule is CSCCNc1cc(Oc2ccc(N=C(N)c3ccccc3C(=N)c3ccc(Cl)cc3)cc2)ccn1. The molecule has 182 valence electrons. The van der Waals surface area contributed by atoms with Crippen LogP contribution in [0.2, 0.25) is 5.02 Å². The molecule has 4 aromatic rings. The maximum atomic E-state index is 8.67. The van der Waals surface area contributed by atoms with E-state index in [1.165, 1.54) is 0 Å². The van der Waals surface area contributed by atoms with Crippen LogP contribution in [-0.2, 0) is 0 Å². The van der Waals surface area contributed by atoms with Gasteiger partial charge in [0.2, 0.25) is 0 Å². The molecule has 0 atom stereocenters. The summed E-state index contributed by atoms with van der Waals surface area (Å²) >= 11 is 7.77. The molecule has 0 saturated heterocycles. The zero-order valence-corrected chi connectivity index (χ0v) is 21.3. The topological polar surface area (TPSA) is 96.4 Å². The zero-order valence-electron chi connectivity index (χ0n) is 19.7. The number of nitrogens with zero attached hydrogens (tertiary/aromatic N) is 2. The van der Waals surface area contributed by atoms with Crippen LogP contribution >= 0.6 is 23.4 Å². The Morgan fingerprint density at radius 3 is 2.44 bits per heavy atom. The van der Waals surface area contributed by atoms with E-state index in [1.54, 1.807) is 30.1 Å². The second-order valence-corrected chi connectivity index (χ2v) is 9.24. The minimum absolute atomic E-state index is 0.327. The lowest BCUT2D eigenvalue weighted by Gasteiger charge is -2.11. The number of halogens is 1. The van der Waals surface area contributed by atoms with Gasteiger partial charge in [-0.2, -0.15) is 11.8 Å². The van der Waals surface area contributed by atoms with Crippen LogP contribution in [0.1, 0.15) is 16.7 Å². The molecule has 0 bridgehead atoms. The number of aliphatic imine (C=N–C) groups is 1. The fraction of sp³-hybridized carbons (Fsp3) is 0.107. The first-order chi connectivity index (χ1) is 17.5. The lowest BCUT2D eigenvalue weighted by atomic mass is 9.97. The van der Waals surface area contributed by atoms with Crippen molar-refractivity contribution >= 4 is 46.4 Å². The van der Waals surface area contributed by atoms with Crippen molar-refractivity contribution in [3.8, 4) is 11.5 Å². The molecule has 0 radical (unpaired) electrons. The van der Waals surface area contributed by atoms with Gasteiger partial charge >= 0.3 is 0 Å². The van der Waals surface area contributed by atoms with Gasteiger partial charge in [-0.15, -0.1) is 0 Å². The van der Waals surface area contributed by atoms with Crippen molar-refractivity contribution in [3.05, 3.63) is 113 Å². The van der Waals surface area contributed by atoms with Crippen LogP contribution in [0, 0.1) is 5.41 Å². The third-order valence-corrected chi connectivity index (χ3v) is 6.14. The van der Waals surface area contributed by atoms with E-state index in [0.717, 1.165) is 23.7 Å². The quantitative estimate of drug-likeness (QED) is 0.123. The average Bonchev–Trinajstić information content (AvgIpc) is 2.90. The third-order valence-electron chi connectivity index (χ3n) is 5.27. The molecule has 8 heteroatoms. The molecular formula is C28H26ClN5OS. The van der Waals surface area contributed by atoms with Crippen molar-refractivity contribution in [1.82, 2.24) is 4.98 Å². The van der Waals surface area contributed by atoms with Gasteiger partial charge in [0.1, 0.15) is 23.2 Å². The number of thioether (sulfide) groups is 1. The Labute approximate surface area is 220 Å². The Morgan fingerprint density at radius 1 is 1.00 bits per heavy atom. The number of amidine groups is 1. The third kappa shape index (κ3) is 6.65. The maximum absolute atomic E-state index is 8.67. The van der Waals surface area contributed by atoms with Gasteiger partial charge in [0.15, 0.2) is 0 Å². The summed E-state index contributed by atoms with van der Waals surface area (Å²) in [6, 6.07) is 25.7. The maximum Gasteiger partial charge on any atom is 0.132 e. The number of rotatable bonds is 10. The van der Waals surface area contributed by atoms with Crippen molar-refractivity contribution in [2.24, 2.45) is 10.7 Å². The molecule has 0 spiro atoms. The van der Waals surface area contributed by atoms with Gasteiger partial charge in [-0.3, -0.25) is 5.41 Å². The Hall–Kier alpha value is -3.81. The molecule has 0 saturated carbocycles. The summed E-state index contributed by atoms with van der Waals surface area (Å²) in [5.74, 6) is 3.48. The van der Waals surface area contributed by atoms with Gasteiger partial charge in [0.25, 0.3) is 0 Å². The fourth-order valence-corrected chi connectivity index (χ4v) is 3.91. The molecule has 0 aliphatic heterocycles. The number of pyridine rings is 1. The van der Waals surface area contributed by atoms with E-state index in [-0.39, 0.29) is 0 Å². The lowest BCUT2D eigenvalue weighted by molar-refractivity contribution is 0.482. The van der Waals surface area contributed by atoms with Crippen molar-refractivity contribution in [2.75, 3.05) is 23.9 Å². The fourth-order valence-electron chi connectivity index (χ4n) is 3.47. The molecule has 0 aliphatic rings. The Morgan fingerprint density at radius 2 is 1.72 bits per heavy atom. The van der Waals surface area contributed by atoms with E-state index in [9.17, 15) is 0 Å². The molecule has 3 aromatic carbocycles. The van der Waals surface area contributed by atoms with Crippen LogP contribution in [0.4, 0.5) is 11.5 Å². The van der Waals surface area contributed by atoms with E-state index >= 15 is 0 Å². The van der Waals surface area contributed by atoms with Gasteiger partial charge in [-0.1, -0.05) is 48.0 Å². The monoisotopic (exact) mass is 515 g/mol.